The van der Waals surface area contributed by atoms with Crippen LogP contribution < -0.4 is 5.73 Å². The molecular weight excluding hydrogens is 226 g/mol. The van der Waals surface area contributed by atoms with Crippen molar-refractivity contribution in [3.05, 3.63) is 0 Å². The van der Waals surface area contributed by atoms with E-state index in [1.54, 1.807) is 0 Å². The van der Waals surface area contributed by atoms with E-state index in [-0.39, 0.29) is 11.1 Å². The Morgan fingerprint density at radius 1 is 1.17 bits per heavy atom. The molecule has 3 heteroatoms. The normalized spacial score (nSPS) is 49.0. The molecule has 3 rings (SSSR count). The van der Waals surface area contributed by atoms with Gasteiger partial charge in [0.05, 0.1) is 12.2 Å². The lowest BCUT2D eigenvalue weighted by atomic mass is 9.72. The van der Waals surface area contributed by atoms with Gasteiger partial charge in [-0.25, -0.2) is 0 Å². The van der Waals surface area contributed by atoms with Crippen LogP contribution in [0.1, 0.15) is 51.9 Å². The van der Waals surface area contributed by atoms with Crippen LogP contribution >= 0.6 is 0 Å². The predicted octanol–water partition coefficient (Wildman–Crippen LogP) is 2.48. The first kappa shape index (κ1) is 12.9. The van der Waals surface area contributed by atoms with Crippen LogP contribution in [0.3, 0.4) is 0 Å². The first-order chi connectivity index (χ1) is 8.66. The molecule has 2 N–H and O–H groups in total. The van der Waals surface area contributed by atoms with E-state index < -0.39 is 0 Å². The Labute approximate surface area is 110 Å². The second-order valence-electron chi connectivity index (χ2n) is 6.77. The maximum Gasteiger partial charge on any atom is 0.0940 e. The summed E-state index contributed by atoms with van der Waals surface area (Å²) in [6, 6.07) is 0. The molecule has 0 bridgehead atoms. The van der Waals surface area contributed by atoms with Crippen LogP contribution in [0, 0.1) is 11.8 Å². The molecule has 2 saturated heterocycles. The number of hydrogen-bond acceptors (Lipinski definition) is 3. The molecule has 4 unspecified atom stereocenters. The van der Waals surface area contributed by atoms with Gasteiger partial charge in [0, 0.05) is 25.2 Å². The molecular formula is C15H27NO2. The van der Waals surface area contributed by atoms with E-state index in [4.69, 9.17) is 15.2 Å². The van der Waals surface area contributed by atoms with E-state index in [1.807, 2.05) is 0 Å². The monoisotopic (exact) mass is 253 g/mol. The van der Waals surface area contributed by atoms with Crippen molar-refractivity contribution in [1.82, 2.24) is 0 Å². The second kappa shape index (κ2) is 4.77. The fourth-order valence-electron chi connectivity index (χ4n) is 4.32. The van der Waals surface area contributed by atoms with Crippen LogP contribution in [0.2, 0.25) is 0 Å². The highest BCUT2D eigenvalue weighted by Gasteiger charge is 2.48. The number of nitrogens with two attached hydrogens (primary N) is 1. The third-order valence-corrected chi connectivity index (χ3v) is 5.64. The van der Waals surface area contributed by atoms with Gasteiger partial charge in [0.1, 0.15) is 0 Å². The van der Waals surface area contributed by atoms with Crippen molar-refractivity contribution in [1.29, 1.82) is 0 Å². The summed E-state index contributed by atoms with van der Waals surface area (Å²) in [6.07, 6.45) is 8.40. The highest BCUT2D eigenvalue weighted by Crippen LogP contribution is 2.46. The largest absolute Gasteiger partial charge is 0.378 e. The molecule has 0 aromatic rings. The average molecular weight is 253 g/mol. The molecule has 104 valence electrons. The summed E-state index contributed by atoms with van der Waals surface area (Å²) in [6.45, 7) is 4.83. The third kappa shape index (κ3) is 2.21. The lowest BCUT2D eigenvalue weighted by molar-refractivity contribution is -0.109. The van der Waals surface area contributed by atoms with E-state index in [2.05, 4.69) is 6.92 Å². The zero-order valence-corrected chi connectivity index (χ0v) is 11.6. The van der Waals surface area contributed by atoms with Gasteiger partial charge < -0.3 is 15.2 Å². The topological polar surface area (TPSA) is 44.5 Å². The van der Waals surface area contributed by atoms with Gasteiger partial charge >= 0.3 is 0 Å². The Balaban J connectivity index is 1.68. The fourth-order valence-corrected chi connectivity index (χ4v) is 4.32. The van der Waals surface area contributed by atoms with E-state index in [0.29, 0.717) is 5.92 Å². The number of ether oxygens (including phenoxy) is 2. The zero-order chi connectivity index (χ0) is 12.6. The fraction of sp³-hybridized carbons (Fsp3) is 1.00. The molecule has 0 amide bonds. The maximum atomic E-state index is 6.75. The predicted molar refractivity (Wildman–Crippen MR) is 71.4 cm³/mol. The molecule has 3 aliphatic rings. The van der Waals surface area contributed by atoms with Crippen molar-refractivity contribution in [3.8, 4) is 0 Å². The van der Waals surface area contributed by atoms with Gasteiger partial charge in [-0.05, 0) is 43.9 Å². The quantitative estimate of drug-likeness (QED) is 0.822. The molecule has 0 aromatic carbocycles. The summed E-state index contributed by atoms with van der Waals surface area (Å²) in [7, 11) is 0. The molecule has 2 heterocycles. The summed E-state index contributed by atoms with van der Waals surface area (Å²) < 4.78 is 11.6. The van der Waals surface area contributed by atoms with Gasteiger partial charge in [-0.2, -0.15) is 0 Å². The molecule has 0 radical (unpaired) electrons. The van der Waals surface area contributed by atoms with Gasteiger partial charge in [0.2, 0.25) is 0 Å². The Kier molecular flexibility index (Phi) is 3.41. The second-order valence-corrected chi connectivity index (χ2v) is 6.77. The van der Waals surface area contributed by atoms with Crippen molar-refractivity contribution < 1.29 is 9.47 Å². The lowest BCUT2D eigenvalue weighted by Gasteiger charge is -2.44. The summed E-state index contributed by atoms with van der Waals surface area (Å²) in [4.78, 5) is 0. The van der Waals surface area contributed by atoms with Gasteiger partial charge in [0.15, 0.2) is 0 Å². The van der Waals surface area contributed by atoms with E-state index in [0.717, 1.165) is 45.0 Å². The van der Waals surface area contributed by atoms with Gasteiger partial charge in [0.25, 0.3) is 0 Å². The Morgan fingerprint density at radius 3 is 2.72 bits per heavy atom. The minimum absolute atomic E-state index is 0.0135. The molecule has 3 nitrogen and oxygen atoms in total. The number of hydrogen-bond donors (Lipinski definition) is 1. The highest BCUT2D eigenvalue weighted by atomic mass is 16.6. The maximum absolute atomic E-state index is 6.75. The lowest BCUT2D eigenvalue weighted by Crippen LogP contribution is -2.52. The van der Waals surface area contributed by atoms with E-state index in [9.17, 15) is 0 Å². The molecule has 1 spiro atoms. The van der Waals surface area contributed by atoms with Gasteiger partial charge in [-0.15, -0.1) is 0 Å². The number of rotatable bonds is 2. The average Bonchev–Trinajstić information content (AvgIpc) is 2.98. The van der Waals surface area contributed by atoms with Crippen molar-refractivity contribution in [2.24, 2.45) is 17.6 Å². The molecule has 4 atom stereocenters. The smallest absolute Gasteiger partial charge is 0.0940 e. The summed E-state index contributed by atoms with van der Waals surface area (Å²) >= 11 is 0. The van der Waals surface area contributed by atoms with Gasteiger partial charge in [-0.3, -0.25) is 0 Å². The minimum Gasteiger partial charge on any atom is -0.378 e. The van der Waals surface area contributed by atoms with E-state index in [1.165, 1.54) is 25.7 Å². The van der Waals surface area contributed by atoms with Crippen molar-refractivity contribution in [3.63, 3.8) is 0 Å². The van der Waals surface area contributed by atoms with Gasteiger partial charge in [-0.1, -0.05) is 13.3 Å². The summed E-state index contributed by atoms with van der Waals surface area (Å²) in [5, 5.41) is 0. The molecule has 2 aliphatic heterocycles. The van der Waals surface area contributed by atoms with Crippen LogP contribution in [0.4, 0.5) is 0 Å². The molecule has 0 aromatic heterocycles. The van der Waals surface area contributed by atoms with Crippen LogP contribution in [0.15, 0.2) is 0 Å². The SMILES string of the molecule is CCC1CCC(N)(C2CCOC3(CCOC3)C2)C1. The molecule has 3 fully saturated rings. The van der Waals surface area contributed by atoms with Crippen molar-refractivity contribution >= 4 is 0 Å². The zero-order valence-electron chi connectivity index (χ0n) is 11.6. The van der Waals surface area contributed by atoms with E-state index >= 15 is 0 Å². The third-order valence-electron chi connectivity index (χ3n) is 5.64. The first-order valence-electron chi connectivity index (χ1n) is 7.66. The van der Waals surface area contributed by atoms with Crippen LogP contribution in [0.5, 0.6) is 0 Å². The van der Waals surface area contributed by atoms with Crippen molar-refractivity contribution in [2.75, 3.05) is 19.8 Å². The summed E-state index contributed by atoms with van der Waals surface area (Å²) in [5.41, 5.74) is 6.85. The van der Waals surface area contributed by atoms with Crippen LogP contribution in [-0.2, 0) is 9.47 Å². The summed E-state index contributed by atoms with van der Waals surface area (Å²) in [5.74, 6) is 1.50. The Bertz CT molecular complexity index is 301. The Morgan fingerprint density at radius 2 is 2.06 bits per heavy atom. The van der Waals surface area contributed by atoms with Crippen LogP contribution in [-0.4, -0.2) is 31.0 Å². The highest BCUT2D eigenvalue weighted by molar-refractivity contribution is 5.03. The first-order valence-corrected chi connectivity index (χ1v) is 7.66. The molecule has 18 heavy (non-hydrogen) atoms. The molecule has 1 aliphatic carbocycles. The Hall–Kier alpha value is -0.120. The standard InChI is InChI=1S/C15H27NO2/c1-2-12-3-5-15(16,9-12)13-4-7-18-14(10-13)6-8-17-11-14/h12-13H,2-11,16H2,1H3. The van der Waals surface area contributed by atoms with Crippen LogP contribution in [0.25, 0.3) is 0 Å². The van der Waals surface area contributed by atoms with Crippen molar-refractivity contribution in [2.45, 2.75) is 63.0 Å². The minimum atomic E-state index is 0.0135. The molecule has 1 saturated carbocycles.